The minimum atomic E-state index is 1.10. The Labute approximate surface area is 335 Å². The second kappa shape index (κ2) is 13.8. The molecule has 0 radical (unpaired) electrons. The van der Waals surface area contributed by atoms with Gasteiger partial charge in [0.15, 0.2) is 0 Å². The highest BCUT2D eigenvalue weighted by atomic mass is 32.1. The smallest absolute Gasteiger partial charge is 0.0727 e. The maximum absolute atomic E-state index is 2.44. The van der Waals surface area contributed by atoms with Crippen molar-refractivity contribution in [3.8, 4) is 39.1 Å². The van der Waals surface area contributed by atoms with E-state index in [-0.39, 0.29) is 0 Å². The first kappa shape index (κ1) is 33.2. The van der Waals surface area contributed by atoms with Crippen molar-refractivity contribution >= 4 is 70.4 Å². The fourth-order valence-electron chi connectivity index (χ4n) is 8.37. The molecule has 3 heteroatoms. The number of hydrogen-bond donors (Lipinski definition) is 0. The molecule has 0 saturated heterocycles. The predicted molar refractivity (Wildman–Crippen MR) is 245 cm³/mol. The predicted octanol–water partition coefficient (Wildman–Crippen LogP) is 15.6. The second-order valence-electron chi connectivity index (χ2n) is 14.6. The topological polar surface area (TPSA) is 8.17 Å². The Bertz CT molecular complexity index is 3200. The van der Waals surface area contributed by atoms with Crippen molar-refractivity contribution in [1.82, 2.24) is 4.57 Å². The largest absolute Gasteiger partial charge is 0.310 e. The van der Waals surface area contributed by atoms with Gasteiger partial charge in [-0.2, -0.15) is 0 Å². The van der Waals surface area contributed by atoms with Crippen LogP contribution in [0.3, 0.4) is 0 Å². The Hall–Kier alpha value is -7.20. The van der Waals surface area contributed by atoms with E-state index in [9.17, 15) is 0 Å². The molecule has 9 aromatic carbocycles. The summed E-state index contributed by atoms with van der Waals surface area (Å²) in [5.41, 5.74) is 14.2. The first-order chi connectivity index (χ1) is 28.2. The molecule has 0 amide bonds. The molecule has 0 bridgehead atoms. The lowest BCUT2D eigenvalue weighted by Crippen LogP contribution is -2.10. The molecule has 0 saturated carbocycles. The Kier molecular flexibility index (Phi) is 8.04. The van der Waals surface area contributed by atoms with Crippen LogP contribution in [-0.4, -0.2) is 4.57 Å². The van der Waals surface area contributed by atoms with Gasteiger partial charge in [0.1, 0.15) is 0 Å². The van der Waals surface area contributed by atoms with Crippen molar-refractivity contribution in [2.45, 2.75) is 0 Å². The van der Waals surface area contributed by atoms with Crippen LogP contribution in [0.1, 0.15) is 0 Å². The molecule has 0 aliphatic heterocycles. The zero-order chi connectivity index (χ0) is 37.7. The van der Waals surface area contributed by atoms with E-state index in [1.165, 1.54) is 75.4 Å². The summed E-state index contributed by atoms with van der Waals surface area (Å²) in [6.45, 7) is 0. The Morgan fingerprint density at radius 2 is 0.895 bits per heavy atom. The molecule has 0 aliphatic carbocycles. The van der Waals surface area contributed by atoms with E-state index in [1.54, 1.807) is 0 Å². The molecule has 0 atom stereocenters. The summed E-state index contributed by atoms with van der Waals surface area (Å²) in [4.78, 5) is 2.36. The van der Waals surface area contributed by atoms with Gasteiger partial charge in [-0.25, -0.2) is 0 Å². The van der Waals surface area contributed by atoms with Gasteiger partial charge in [-0.1, -0.05) is 152 Å². The van der Waals surface area contributed by atoms with Gasteiger partial charge < -0.3 is 9.47 Å². The summed E-state index contributed by atoms with van der Waals surface area (Å²) in [5, 5.41) is 5.10. The first-order valence-electron chi connectivity index (χ1n) is 19.4. The number of fused-ring (bicyclic) bond motifs is 6. The Morgan fingerprint density at radius 1 is 0.351 bits per heavy atom. The monoisotopic (exact) mass is 744 g/mol. The van der Waals surface area contributed by atoms with E-state index >= 15 is 0 Å². The average Bonchev–Trinajstić information content (AvgIpc) is 3.82. The van der Waals surface area contributed by atoms with Crippen molar-refractivity contribution in [2.24, 2.45) is 0 Å². The molecular formula is C54H36N2S. The average molecular weight is 745 g/mol. The van der Waals surface area contributed by atoms with Crippen molar-refractivity contribution in [3.05, 3.63) is 218 Å². The molecule has 0 N–H and O–H groups in total. The number of aromatic nitrogens is 1. The van der Waals surface area contributed by atoms with Crippen molar-refractivity contribution < 1.29 is 0 Å². The van der Waals surface area contributed by atoms with E-state index in [4.69, 9.17) is 0 Å². The molecule has 268 valence electrons. The molecule has 2 heterocycles. The van der Waals surface area contributed by atoms with Gasteiger partial charge in [0.05, 0.1) is 15.7 Å². The highest BCUT2D eigenvalue weighted by molar-refractivity contribution is 7.26. The van der Waals surface area contributed by atoms with Crippen molar-refractivity contribution in [2.75, 3.05) is 4.90 Å². The summed E-state index contributed by atoms with van der Waals surface area (Å²) in [7, 11) is 0. The fraction of sp³-hybridized carbons (Fsp3) is 0. The third kappa shape index (κ3) is 5.88. The molecule has 11 aromatic rings. The minimum Gasteiger partial charge on any atom is -0.310 e. The molecule has 57 heavy (non-hydrogen) atoms. The summed E-state index contributed by atoms with van der Waals surface area (Å²) >= 11 is 1.88. The lowest BCUT2D eigenvalue weighted by atomic mass is 10.0. The lowest BCUT2D eigenvalue weighted by Gasteiger charge is -2.26. The van der Waals surface area contributed by atoms with Crippen LogP contribution in [0, 0.1) is 0 Å². The van der Waals surface area contributed by atoms with E-state index in [0.29, 0.717) is 0 Å². The van der Waals surface area contributed by atoms with Crippen LogP contribution in [0.25, 0.3) is 81.0 Å². The number of para-hydroxylation sites is 1. The molecule has 0 unspecified atom stereocenters. The van der Waals surface area contributed by atoms with Crippen molar-refractivity contribution in [1.29, 1.82) is 0 Å². The molecule has 0 aliphatic rings. The number of thiophene rings is 1. The van der Waals surface area contributed by atoms with Gasteiger partial charge in [0.25, 0.3) is 0 Å². The summed E-state index contributed by atoms with van der Waals surface area (Å²) in [6, 6.07) is 79.2. The van der Waals surface area contributed by atoms with E-state index < -0.39 is 0 Å². The van der Waals surface area contributed by atoms with Crippen LogP contribution in [-0.2, 0) is 0 Å². The van der Waals surface area contributed by atoms with Crippen LogP contribution in [0.15, 0.2) is 218 Å². The SMILES string of the molecule is c1ccc(-c2ccc(N(c3ccc(-c4ccc5ccccc5c4)cc3)c3cccc(-c4ccc(-n5c6ccccc6c6sc7ccccc7c65)cc4)c3)cc2)cc1. The maximum Gasteiger partial charge on any atom is 0.0727 e. The molecule has 0 spiro atoms. The number of benzene rings is 9. The normalized spacial score (nSPS) is 11.5. The summed E-state index contributed by atoms with van der Waals surface area (Å²) < 4.78 is 5.09. The molecule has 2 nitrogen and oxygen atoms in total. The zero-order valence-electron chi connectivity index (χ0n) is 31.1. The van der Waals surface area contributed by atoms with E-state index in [0.717, 1.165) is 22.7 Å². The van der Waals surface area contributed by atoms with Gasteiger partial charge in [0.2, 0.25) is 0 Å². The van der Waals surface area contributed by atoms with E-state index in [1.807, 2.05) is 11.3 Å². The van der Waals surface area contributed by atoms with E-state index in [2.05, 4.69) is 228 Å². The number of rotatable bonds is 7. The van der Waals surface area contributed by atoms with Gasteiger partial charge in [-0.15, -0.1) is 11.3 Å². The van der Waals surface area contributed by atoms with Gasteiger partial charge in [-0.3, -0.25) is 0 Å². The number of anilines is 3. The van der Waals surface area contributed by atoms with Crippen LogP contribution >= 0.6 is 11.3 Å². The standard InChI is InChI=1S/C54H36N2S/c1-2-11-37(12-3-1)39-23-29-45(30-24-39)55(46-31-25-41(26-32-46)44-22-21-38-13-4-5-14-42(38)35-44)48-16-10-15-43(36-48)40-27-33-47(34-28-40)56-51-19-8-6-17-49(51)54-53(56)50-18-7-9-20-52(50)57-54/h1-36H. The second-order valence-corrected chi connectivity index (χ2v) is 15.6. The lowest BCUT2D eigenvalue weighted by molar-refractivity contribution is 1.19. The highest BCUT2D eigenvalue weighted by Gasteiger charge is 2.18. The van der Waals surface area contributed by atoms with Gasteiger partial charge in [-0.05, 0) is 111 Å². The third-order valence-electron chi connectivity index (χ3n) is 11.2. The molecule has 0 fully saturated rings. The minimum absolute atomic E-state index is 1.10. The molecule has 2 aromatic heterocycles. The first-order valence-corrected chi connectivity index (χ1v) is 20.2. The maximum atomic E-state index is 2.44. The quantitative estimate of drug-likeness (QED) is 0.158. The molecule has 11 rings (SSSR count). The van der Waals surface area contributed by atoms with Gasteiger partial charge in [0, 0.05) is 38.2 Å². The van der Waals surface area contributed by atoms with Gasteiger partial charge >= 0.3 is 0 Å². The Balaban J connectivity index is 0.978. The summed E-state index contributed by atoms with van der Waals surface area (Å²) in [6.07, 6.45) is 0. The van der Waals surface area contributed by atoms with Crippen LogP contribution in [0.5, 0.6) is 0 Å². The van der Waals surface area contributed by atoms with Crippen LogP contribution in [0.2, 0.25) is 0 Å². The highest BCUT2D eigenvalue weighted by Crippen LogP contribution is 2.43. The zero-order valence-corrected chi connectivity index (χ0v) is 31.9. The number of hydrogen-bond acceptors (Lipinski definition) is 2. The number of nitrogens with zero attached hydrogens (tertiary/aromatic N) is 2. The Morgan fingerprint density at radius 3 is 1.65 bits per heavy atom. The molecular weight excluding hydrogens is 709 g/mol. The van der Waals surface area contributed by atoms with Crippen LogP contribution < -0.4 is 4.90 Å². The summed E-state index contributed by atoms with van der Waals surface area (Å²) in [5.74, 6) is 0. The van der Waals surface area contributed by atoms with Crippen molar-refractivity contribution in [3.63, 3.8) is 0 Å². The fourth-order valence-corrected chi connectivity index (χ4v) is 9.59. The van der Waals surface area contributed by atoms with Crippen LogP contribution in [0.4, 0.5) is 17.1 Å². The third-order valence-corrected chi connectivity index (χ3v) is 12.4.